The van der Waals surface area contributed by atoms with Gasteiger partial charge in [0.25, 0.3) is 11.1 Å². The zero-order chi connectivity index (χ0) is 26.8. The Kier molecular flexibility index (Phi) is 7.88. The van der Waals surface area contributed by atoms with Crippen molar-refractivity contribution in [2.24, 2.45) is 0 Å². The molecule has 38 heavy (non-hydrogen) atoms. The second-order valence-electron chi connectivity index (χ2n) is 8.80. The molecule has 0 bridgehead atoms. The molecule has 0 saturated carbocycles. The van der Waals surface area contributed by atoms with Gasteiger partial charge in [-0.15, -0.1) is 0 Å². The van der Waals surface area contributed by atoms with Gasteiger partial charge in [0.05, 0.1) is 14.4 Å². The number of thioether (sulfide) groups is 1. The van der Waals surface area contributed by atoms with E-state index in [2.05, 4.69) is 15.9 Å². The van der Waals surface area contributed by atoms with Gasteiger partial charge in [-0.05, 0) is 75.1 Å². The van der Waals surface area contributed by atoms with Crippen molar-refractivity contribution in [3.63, 3.8) is 0 Å². The Bertz CT molecular complexity index is 1460. The zero-order valence-corrected chi connectivity index (χ0v) is 23.1. The predicted molar refractivity (Wildman–Crippen MR) is 148 cm³/mol. The molecule has 3 aromatic carbocycles. The van der Waals surface area contributed by atoms with E-state index in [1.165, 1.54) is 11.6 Å². The monoisotopic (exact) mass is 614 g/mol. The van der Waals surface area contributed by atoms with Crippen LogP contribution in [0.25, 0.3) is 6.08 Å². The maximum absolute atomic E-state index is 13.9. The minimum absolute atomic E-state index is 0.0140. The van der Waals surface area contributed by atoms with E-state index in [-0.39, 0.29) is 34.8 Å². The Labute approximate surface area is 236 Å². The predicted octanol–water partition coefficient (Wildman–Crippen LogP) is 6.44. The van der Waals surface area contributed by atoms with E-state index in [1.54, 1.807) is 41.3 Å². The first-order valence-electron chi connectivity index (χ1n) is 11.8. The molecule has 5 rings (SSSR count). The standard InChI is InChI=1S/C28H21BrClFN2O4S/c29-21-11-17(12-22(30)26(21)37-16-20-7-3-4-8-23(20)31)13-24-27(35)33(28(36)38-24)15-25(34)32-10-9-18-5-1-2-6-19(18)14-32/h1-8,11-13H,9-10,14-16H2/b24-13-. The number of fused-ring (bicyclic) bond motifs is 1. The molecule has 10 heteroatoms. The second-order valence-corrected chi connectivity index (χ2v) is 11.1. The number of nitrogens with zero attached hydrogens (tertiary/aromatic N) is 2. The van der Waals surface area contributed by atoms with E-state index in [0.29, 0.717) is 34.4 Å². The van der Waals surface area contributed by atoms with E-state index in [9.17, 15) is 18.8 Å². The minimum Gasteiger partial charge on any atom is -0.486 e. The van der Waals surface area contributed by atoms with Crippen molar-refractivity contribution >= 4 is 62.4 Å². The minimum atomic E-state index is -0.530. The molecule has 0 spiro atoms. The normalized spacial score (nSPS) is 16.2. The molecule has 2 heterocycles. The summed E-state index contributed by atoms with van der Waals surface area (Å²) >= 11 is 10.6. The fraction of sp³-hybridized carbons (Fsp3) is 0.179. The summed E-state index contributed by atoms with van der Waals surface area (Å²) in [6.45, 7) is 0.677. The van der Waals surface area contributed by atoms with Crippen LogP contribution in [0.15, 0.2) is 70.0 Å². The number of imide groups is 1. The van der Waals surface area contributed by atoms with Gasteiger partial charge in [0.15, 0.2) is 5.75 Å². The van der Waals surface area contributed by atoms with Gasteiger partial charge in [-0.3, -0.25) is 19.3 Å². The highest BCUT2D eigenvalue weighted by molar-refractivity contribution is 9.10. The van der Waals surface area contributed by atoms with Crippen LogP contribution >= 0.6 is 39.3 Å². The van der Waals surface area contributed by atoms with E-state index in [4.69, 9.17) is 16.3 Å². The molecule has 194 valence electrons. The van der Waals surface area contributed by atoms with Crippen molar-refractivity contribution in [3.8, 4) is 5.75 Å². The van der Waals surface area contributed by atoms with Crippen LogP contribution in [-0.2, 0) is 29.2 Å². The summed E-state index contributed by atoms with van der Waals surface area (Å²) in [5, 5.41) is -0.247. The summed E-state index contributed by atoms with van der Waals surface area (Å²) in [5.74, 6) is -0.854. The Morgan fingerprint density at radius 2 is 1.84 bits per heavy atom. The molecular weight excluding hydrogens is 595 g/mol. The van der Waals surface area contributed by atoms with Crippen LogP contribution in [0, 0.1) is 5.82 Å². The Morgan fingerprint density at radius 3 is 2.61 bits per heavy atom. The number of benzene rings is 3. The van der Waals surface area contributed by atoms with E-state index in [0.717, 1.165) is 28.6 Å². The van der Waals surface area contributed by atoms with Crippen molar-refractivity contribution in [2.75, 3.05) is 13.1 Å². The Morgan fingerprint density at radius 1 is 1.11 bits per heavy atom. The molecule has 2 aliphatic rings. The number of ether oxygens (including phenoxy) is 1. The first-order chi connectivity index (χ1) is 18.3. The van der Waals surface area contributed by atoms with Gasteiger partial charge in [0.1, 0.15) is 19.0 Å². The average Bonchev–Trinajstić information content (AvgIpc) is 3.16. The topological polar surface area (TPSA) is 66.9 Å². The molecule has 0 radical (unpaired) electrons. The Hall–Kier alpha value is -3.14. The molecule has 3 aromatic rings. The average molecular weight is 616 g/mol. The van der Waals surface area contributed by atoms with Crippen LogP contribution in [-0.4, -0.2) is 39.9 Å². The third-order valence-corrected chi connectivity index (χ3v) is 8.08. The quantitative estimate of drug-likeness (QED) is 0.299. The fourth-order valence-corrected chi connectivity index (χ4v) is 6.12. The number of amides is 3. The van der Waals surface area contributed by atoms with Gasteiger partial charge in [-0.2, -0.15) is 0 Å². The molecule has 6 nitrogen and oxygen atoms in total. The van der Waals surface area contributed by atoms with E-state index < -0.39 is 11.1 Å². The van der Waals surface area contributed by atoms with Crippen molar-refractivity contribution in [1.29, 1.82) is 0 Å². The third-order valence-electron chi connectivity index (χ3n) is 6.30. The molecule has 0 unspecified atom stereocenters. The summed E-state index contributed by atoms with van der Waals surface area (Å²) in [6.07, 6.45) is 2.28. The second kappa shape index (κ2) is 11.3. The van der Waals surface area contributed by atoms with Gasteiger partial charge in [0.2, 0.25) is 5.91 Å². The SMILES string of the molecule is O=C(CN1C(=O)S/C(=C\c2cc(Cl)c(OCc3ccccc3F)c(Br)c2)C1=O)N1CCc2ccccc2C1. The number of hydrogen-bond acceptors (Lipinski definition) is 5. The van der Waals surface area contributed by atoms with E-state index in [1.807, 2.05) is 24.3 Å². The molecular formula is C28H21BrClFN2O4S. The van der Waals surface area contributed by atoms with Crippen LogP contribution in [0.3, 0.4) is 0 Å². The summed E-state index contributed by atoms with van der Waals surface area (Å²) < 4.78 is 20.1. The first-order valence-corrected chi connectivity index (χ1v) is 13.7. The highest BCUT2D eigenvalue weighted by Crippen LogP contribution is 2.38. The molecule has 1 saturated heterocycles. The van der Waals surface area contributed by atoms with Gasteiger partial charge >= 0.3 is 0 Å². The lowest BCUT2D eigenvalue weighted by Crippen LogP contribution is -2.44. The van der Waals surface area contributed by atoms with Crippen LogP contribution in [0.2, 0.25) is 5.02 Å². The van der Waals surface area contributed by atoms with Crippen molar-refractivity contribution in [2.45, 2.75) is 19.6 Å². The number of hydrogen-bond donors (Lipinski definition) is 0. The van der Waals surface area contributed by atoms with Crippen LogP contribution in [0.5, 0.6) is 5.75 Å². The van der Waals surface area contributed by atoms with Gasteiger partial charge in [0, 0.05) is 18.7 Å². The fourth-order valence-electron chi connectivity index (χ4n) is 4.30. The van der Waals surface area contributed by atoms with Crippen molar-refractivity contribution in [1.82, 2.24) is 9.80 Å². The number of carbonyl (C=O) groups excluding carboxylic acids is 3. The lowest BCUT2D eigenvalue weighted by atomic mass is 10.00. The van der Waals surface area contributed by atoms with Crippen molar-refractivity contribution in [3.05, 3.63) is 103 Å². The zero-order valence-electron chi connectivity index (χ0n) is 20.0. The highest BCUT2D eigenvalue weighted by Gasteiger charge is 2.37. The highest BCUT2D eigenvalue weighted by atomic mass is 79.9. The molecule has 0 aromatic heterocycles. The first kappa shape index (κ1) is 26.5. The van der Waals surface area contributed by atoms with Crippen LogP contribution in [0.1, 0.15) is 22.3 Å². The molecule has 0 aliphatic carbocycles. The van der Waals surface area contributed by atoms with Gasteiger partial charge in [-0.25, -0.2) is 4.39 Å². The lowest BCUT2D eigenvalue weighted by molar-refractivity contribution is -0.136. The molecule has 3 amide bonds. The van der Waals surface area contributed by atoms with Crippen LogP contribution < -0.4 is 4.74 Å². The summed E-state index contributed by atoms with van der Waals surface area (Å²) in [7, 11) is 0. The maximum atomic E-state index is 13.9. The summed E-state index contributed by atoms with van der Waals surface area (Å²) in [6, 6.07) is 17.5. The smallest absolute Gasteiger partial charge is 0.294 e. The van der Waals surface area contributed by atoms with E-state index >= 15 is 0 Å². The summed E-state index contributed by atoms with van der Waals surface area (Å²) in [4.78, 5) is 41.4. The van der Waals surface area contributed by atoms with Crippen molar-refractivity contribution < 1.29 is 23.5 Å². The number of halogens is 3. The summed E-state index contributed by atoms with van der Waals surface area (Å²) in [5.41, 5.74) is 3.23. The van der Waals surface area contributed by atoms with Crippen LogP contribution in [0.4, 0.5) is 9.18 Å². The molecule has 2 aliphatic heterocycles. The number of rotatable bonds is 6. The molecule has 0 atom stereocenters. The molecule has 0 N–H and O–H groups in total. The van der Waals surface area contributed by atoms with Gasteiger partial charge < -0.3 is 9.64 Å². The lowest BCUT2D eigenvalue weighted by Gasteiger charge is -2.29. The maximum Gasteiger partial charge on any atom is 0.294 e. The number of carbonyl (C=O) groups is 3. The third kappa shape index (κ3) is 5.65. The molecule has 1 fully saturated rings. The Balaban J connectivity index is 1.26. The van der Waals surface area contributed by atoms with Gasteiger partial charge in [-0.1, -0.05) is 54.1 Å². The largest absolute Gasteiger partial charge is 0.486 e.